The molecular formula is C15H13BrO2. The average Bonchev–Trinajstić information content (AvgIpc) is 2.36. The van der Waals surface area contributed by atoms with E-state index in [0.717, 1.165) is 20.8 Å². The molecule has 0 spiro atoms. The summed E-state index contributed by atoms with van der Waals surface area (Å²) < 4.78 is 5.89. The molecule has 2 aromatic rings. The van der Waals surface area contributed by atoms with E-state index in [1.165, 1.54) is 6.08 Å². The van der Waals surface area contributed by atoms with E-state index in [1.54, 1.807) is 13.0 Å². The van der Waals surface area contributed by atoms with E-state index in [0.29, 0.717) is 6.61 Å². The molecule has 0 aliphatic carbocycles. The van der Waals surface area contributed by atoms with Crippen molar-refractivity contribution < 1.29 is 9.53 Å². The molecule has 2 rings (SSSR count). The Balaban J connectivity index is 2.25. The highest BCUT2D eigenvalue weighted by Crippen LogP contribution is 2.21. The molecule has 92 valence electrons. The number of carbonyl (C=O) groups is 1. The molecule has 0 aromatic heterocycles. The smallest absolute Gasteiger partial charge is 0.330 e. The first-order valence-corrected chi connectivity index (χ1v) is 6.52. The fourth-order valence-corrected chi connectivity index (χ4v) is 2.07. The van der Waals surface area contributed by atoms with E-state index in [1.807, 2.05) is 30.3 Å². The fraction of sp³-hybridized carbons (Fsp3) is 0.133. The lowest BCUT2D eigenvalue weighted by atomic mass is 10.1. The fourth-order valence-electron chi connectivity index (χ4n) is 1.69. The molecule has 0 aliphatic rings. The highest BCUT2D eigenvalue weighted by Gasteiger charge is 1.97. The summed E-state index contributed by atoms with van der Waals surface area (Å²) in [6.07, 6.45) is 3.21. The minimum absolute atomic E-state index is 0.312. The van der Waals surface area contributed by atoms with Gasteiger partial charge in [-0.3, -0.25) is 0 Å². The maximum absolute atomic E-state index is 11.2. The molecule has 0 radical (unpaired) electrons. The third-order valence-corrected chi connectivity index (χ3v) is 3.02. The Bertz CT molecular complexity index is 602. The normalized spacial score (nSPS) is 11.0. The topological polar surface area (TPSA) is 26.3 Å². The summed E-state index contributed by atoms with van der Waals surface area (Å²) in [5.74, 6) is -0.312. The maximum Gasteiger partial charge on any atom is 0.330 e. The van der Waals surface area contributed by atoms with Gasteiger partial charge >= 0.3 is 5.97 Å². The van der Waals surface area contributed by atoms with E-state index in [9.17, 15) is 4.79 Å². The number of halogens is 1. The molecule has 0 unspecified atom stereocenters. The monoisotopic (exact) mass is 304 g/mol. The van der Waals surface area contributed by atoms with Crippen molar-refractivity contribution in [3.8, 4) is 0 Å². The molecule has 0 bridgehead atoms. The second-order valence-corrected chi connectivity index (χ2v) is 4.75. The standard InChI is InChI=1S/C15H13BrO2/c1-2-18-15(17)8-4-11-3-5-13-10-14(16)7-6-12(13)9-11/h3-10H,2H2,1H3. The summed E-state index contributed by atoms with van der Waals surface area (Å²) in [5.41, 5.74) is 0.984. The Morgan fingerprint density at radius 1 is 1.22 bits per heavy atom. The summed E-state index contributed by atoms with van der Waals surface area (Å²) in [6, 6.07) is 12.2. The zero-order valence-electron chi connectivity index (χ0n) is 10.0. The lowest BCUT2D eigenvalue weighted by Crippen LogP contribution is -1.98. The van der Waals surface area contributed by atoms with Gasteiger partial charge in [-0.25, -0.2) is 4.79 Å². The van der Waals surface area contributed by atoms with Gasteiger partial charge in [0.2, 0.25) is 0 Å². The van der Waals surface area contributed by atoms with Gasteiger partial charge in [0.25, 0.3) is 0 Å². The van der Waals surface area contributed by atoms with Gasteiger partial charge in [-0.15, -0.1) is 0 Å². The van der Waals surface area contributed by atoms with E-state index in [2.05, 4.69) is 22.0 Å². The van der Waals surface area contributed by atoms with Crippen LogP contribution in [-0.4, -0.2) is 12.6 Å². The van der Waals surface area contributed by atoms with Crippen molar-refractivity contribution in [1.82, 2.24) is 0 Å². The van der Waals surface area contributed by atoms with Crippen molar-refractivity contribution in [3.63, 3.8) is 0 Å². The van der Waals surface area contributed by atoms with Crippen molar-refractivity contribution in [2.24, 2.45) is 0 Å². The van der Waals surface area contributed by atoms with E-state index >= 15 is 0 Å². The molecule has 0 saturated carbocycles. The van der Waals surface area contributed by atoms with Gasteiger partial charge in [-0.05, 0) is 47.5 Å². The average molecular weight is 305 g/mol. The van der Waals surface area contributed by atoms with Gasteiger partial charge in [0.1, 0.15) is 0 Å². The number of hydrogen-bond acceptors (Lipinski definition) is 2. The molecule has 0 N–H and O–H groups in total. The molecule has 0 saturated heterocycles. The summed E-state index contributed by atoms with van der Waals surface area (Å²) in [6.45, 7) is 2.19. The third-order valence-electron chi connectivity index (χ3n) is 2.52. The Morgan fingerprint density at radius 3 is 2.72 bits per heavy atom. The maximum atomic E-state index is 11.2. The van der Waals surface area contributed by atoms with E-state index in [-0.39, 0.29) is 5.97 Å². The minimum atomic E-state index is -0.312. The van der Waals surface area contributed by atoms with Crippen LogP contribution in [0.1, 0.15) is 12.5 Å². The summed E-state index contributed by atoms with van der Waals surface area (Å²) in [4.78, 5) is 11.2. The number of benzene rings is 2. The quantitative estimate of drug-likeness (QED) is 0.628. The second kappa shape index (κ2) is 5.83. The van der Waals surface area contributed by atoms with E-state index < -0.39 is 0 Å². The first-order valence-electron chi connectivity index (χ1n) is 5.73. The summed E-state index contributed by atoms with van der Waals surface area (Å²) >= 11 is 3.44. The summed E-state index contributed by atoms with van der Waals surface area (Å²) in [5, 5.41) is 2.31. The van der Waals surface area contributed by atoms with Crippen LogP contribution in [0.25, 0.3) is 16.8 Å². The van der Waals surface area contributed by atoms with Crippen molar-refractivity contribution in [2.75, 3.05) is 6.61 Å². The number of esters is 1. The van der Waals surface area contributed by atoms with Crippen LogP contribution in [0.3, 0.4) is 0 Å². The molecule has 3 heteroatoms. The van der Waals surface area contributed by atoms with Gasteiger partial charge in [0.15, 0.2) is 0 Å². The molecule has 2 aromatic carbocycles. The minimum Gasteiger partial charge on any atom is -0.463 e. The van der Waals surface area contributed by atoms with Gasteiger partial charge in [0, 0.05) is 10.5 Å². The lowest BCUT2D eigenvalue weighted by molar-refractivity contribution is -0.137. The number of ether oxygens (including phenoxy) is 1. The van der Waals surface area contributed by atoms with Crippen LogP contribution in [0.15, 0.2) is 46.9 Å². The molecule has 0 fully saturated rings. The highest BCUT2D eigenvalue weighted by molar-refractivity contribution is 9.10. The largest absolute Gasteiger partial charge is 0.463 e. The van der Waals surface area contributed by atoms with Crippen molar-refractivity contribution in [1.29, 1.82) is 0 Å². The second-order valence-electron chi connectivity index (χ2n) is 3.84. The molecule has 0 amide bonds. The SMILES string of the molecule is CCOC(=O)C=Cc1ccc2cc(Br)ccc2c1. The zero-order chi connectivity index (χ0) is 13.0. The number of rotatable bonds is 3. The molecule has 0 atom stereocenters. The number of carbonyl (C=O) groups excluding carboxylic acids is 1. The number of fused-ring (bicyclic) bond motifs is 1. The molecule has 2 nitrogen and oxygen atoms in total. The van der Waals surface area contributed by atoms with Gasteiger partial charge in [-0.2, -0.15) is 0 Å². The van der Waals surface area contributed by atoms with Crippen LogP contribution >= 0.6 is 15.9 Å². The van der Waals surface area contributed by atoms with Gasteiger partial charge in [0.05, 0.1) is 6.61 Å². The van der Waals surface area contributed by atoms with Crippen LogP contribution in [0.4, 0.5) is 0 Å². The van der Waals surface area contributed by atoms with Crippen LogP contribution < -0.4 is 0 Å². The van der Waals surface area contributed by atoms with Crippen LogP contribution in [-0.2, 0) is 9.53 Å². The predicted molar refractivity (Wildman–Crippen MR) is 77.3 cm³/mol. The van der Waals surface area contributed by atoms with Crippen LogP contribution in [0.5, 0.6) is 0 Å². The van der Waals surface area contributed by atoms with Crippen LogP contribution in [0, 0.1) is 0 Å². The highest BCUT2D eigenvalue weighted by atomic mass is 79.9. The van der Waals surface area contributed by atoms with Crippen molar-refractivity contribution in [3.05, 3.63) is 52.5 Å². The molecule has 0 aliphatic heterocycles. The van der Waals surface area contributed by atoms with Crippen LogP contribution in [0.2, 0.25) is 0 Å². The Kier molecular flexibility index (Phi) is 4.15. The zero-order valence-corrected chi connectivity index (χ0v) is 11.6. The Labute approximate surface area is 114 Å². The molecule has 0 heterocycles. The molecular weight excluding hydrogens is 292 g/mol. The Hall–Kier alpha value is -1.61. The van der Waals surface area contributed by atoms with Crippen molar-refractivity contribution in [2.45, 2.75) is 6.92 Å². The van der Waals surface area contributed by atoms with E-state index in [4.69, 9.17) is 4.74 Å². The third kappa shape index (κ3) is 3.20. The predicted octanol–water partition coefficient (Wildman–Crippen LogP) is 4.18. The summed E-state index contributed by atoms with van der Waals surface area (Å²) in [7, 11) is 0. The number of hydrogen-bond donors (Lipinski definition) is 0. The van der Waals surface area contributed by atoms with Gasteiger partial charge < -0.3 is 4.74 Å². The molecule has 18 heavy (non-hydrogen) atoms. The van der Waals surface area contributed by atoms with Crippen molar-refractivity contribution >= 4 is 38.7 Å². The van der Waals surface area contributed by atoms with Gasteiger partial charge in [-0.1, -0.05) is 34.1 Å². The lowest BCUT2D eigenvalue weighted by Gasteiger charge is -2.00. The first-order chi connectivity index (χ1) is 8.69. The first kappa shape index (κ1) is 12.8. The Morgan fingerprint density at radius 2 is 1.94 bits per heavy atom.